The first-order chi connectivity index (χ1) is 8.95. The molecule has 1 saturated heterocycles. The number of carbonyl (C=O) groups excluding carboxylic acids is 1. The molecule has 19 heavy (non-hydrogen) atoms. The number of carboxylic acids is 1. The molecule has 0 aromatic rings. The quantitative estimate of drug-likeness (QED) is 0.633. The Bertz CT molecular complexity index is 322. The predicted octanol–water partition coefficient (Wildman–Crippen LogP) is 1.18. The van der Waals surface area contributed by atoms with Gasteiger partial charge in [0.25, 0.3) is 0 Å². The minimum Gasteiger partial charge on any atom is -0.480 e. The maximum atomic E-state index is 12.0. The van der Waals surface area contributed by atoms with E-state index in [0.717, 1.165) is 25.7 Å². The molecule has 1 heterocycles. The number of β-amino-alcohol motifs (C(OH)–C–C–N with tert-alkyl or cyclic N) is 1. The highest BCUT2D eigenvalue weighted by Gasteiger charge is 2.39. The Morgan fingerprint density at radius 3 is 2.68 bits per heavy atom. The van der Waals surface area contributed by atoms with Gasteiger partial charge in [0.2, 0.25) is 0 Å². The van der Waals surface area contributed by atoms with Gasteiger partial charge in [-0.1, -0.05) is 26.2 Å². The third-order valence-corrected chi connectivity index (χ3v) is 3.44. The van der Waals surface area contributed by atoms with Gasteiger partial charge in [0, 0.05) is 19.0 Å². The molecular weight excluding hydrogens is 248 g/mol. The van der Waals surface area contributed by atoms with E-state index < -0.39 is 24.1 Å². The molecule has 110 valence electrons. The number of nitrogens with one attached hydrogen (secondary N) is 1. The summed E-state index contributed by atoms with van der Waals surface area (Å²) in [5.74, 6) is -1.06. The van der Waals surface area contributed by atoms with Crippen LogP contribution >= 0.6 is 0 Å². The van der Waals surface area contributed by atoms with Gasteiger partial charge >= 0.3 is 12.0 Å². The van der Waals surface area contributed by atoms with E-state index in [-0.39, 0.29) is 19.0 Å². The molecule has 0 bridgehead atoms. The molecule has 6 nitrogen and oxygen atoms in total. The van der Waals surface area contributed by atoms with Gasteiger partial charge in [0.05, 0.1) is 6.10 Å². The van der Waals surface area contributed by atoms with Gasteiger partial charge in [0.15, 0.2) is 0 Å². The average Bonchev–Trinajstić information content (AvgIpc) is 2.72. The van der Waals surface area contributed by atoms with E-state index in [1.807, 2.05) is 6.92 Å². The van der Waals surface area contributed by atoms with Crippen LogP contribution in [0.2, 0.25) is 0 Å². The third kappa shape index (κ3) is 4.70. The van der Waals surface area contributed by atoms with Gasteiger partial charge in [-0.3, -0.25) is 0 Å². The van der Waals surface area contributed by atoms with Gasteiger partial charge in [-0.05, 0) is 13.3 Å². The average molecular weight is 272 g/mol. The van der Waals surface area contributed by atoms with E-state index in [1.165, 1.54) is 4.90 Å². The Balaban J connectivity index is 2.45. The Morgan fingerprint density at radius 2 is 2.11 bits per heavy atom. The molecule has 1 aliphatic rings. The molecular formula is C13H24N2O4. The lowest BCUT2D eigenvalue weighted by Crippen LogP contribution is -2.48. The Hall–Kier alpha value is -1.30. The fraction of sp³-hybridized carbons (Fsp3) is 0.846. The number of carbonyl (C=O) groups is 2. The van der Waals surface area contributed by atoms with E-state index in [9.17, 15) is 14.7 Å². The highest BCUT2D eigenvalue weighted by atomic mass is 16.4. The first-order valence-electron chi connectivity index (χ1n) is 6.93. The highest BCUT2D eigenvalue weighted by Crippen LogP contribution is 2.18. The lowest BCUT2D eigenvalue weighted by molar-refractivity contribution is -0.141. The fourth-order valence-corrected chi connectivity index (χ4v) is 2.34. The molecule has 1 unspecified atom stereocenters. The van der Waals surface area contributed by atoms with E-state index in [1.54, 1.807) is 0 Å². The van der Waals surface area contributed by atoms with Crippen molar-refractivity contribution in [3.63, 3.8) is 0 Å². The van der Waals surface area contributed by atoms with Crippen molar-refractivity contribution in [3.8, 4) is 0 Å². The Morgan fingerprint density at radius 1 is 1.42 bits per heavy atom. The maximum absolute atomic E-state index is 12.0. The van der Waals surface area contributed by atoms with Crippen molar-refractivity contribution in [3.05, 3.63) is 0 Å². The SMILES string of the molecule is CCCCCC(C)NC(=O)N1C[C@H](O)C[C@H]1C(=O)O. The van der Waals surface area contributed by atoms with Crippen LogP contribution in [0.4, 0.5) is 4.79 Å². The van der Waals surface area contributed by atoms with Gasteiger partial charge < -0.3 is 20.4 Å². The molecule has 1 rings (SSSR count). The summed E-state index contributed by atoms with van der Waals surface area (Å²) in [6.45, 7) is 4.12. The molecule has 0 radical (unpaired) electrons. The smallest absolute Gasteiger partial charge is 0.326 e. The molecule has 3 atom stereocenters. The van der Waals surface area contributed by atoms with E-state index >= 15 is 0 Å². The summed E-state index contributed by atoms with van der Waals surface area (Å²) in [5, 5.41) is 21.3. The third-order valence-electron chi connectivity index (χ3n) is 3.44. The summed E-state index contributed by atoms with van der Waals surface area (Å²) >= 11 is 0. The number of nitrogens with zero attached hydrogens (tertiary/aromatic N) is 1. The second-order valence-electron chi connectivity index (χ2n) is 5.24. The van der Waals surface area contributed by atoms with Crippen molar-refractivity contribution in [2.24, 2.45) is 0 Å². The standard InChI is InChI=1S/C13H24N2O4/c1-3-4-5-6-9(2)14-13(19)15-8-10(16)7-11(15)12(17)18/h9-11,16H,3-8H2,1-2H3,(H,14,19)(H,17,18)/t9?,10-,11+/m1/s1. The minimum atomic E-state index is -1.06. The summed E-state index contributed by atoms with van der Waals surface area (Å²) < 4.78 is 0. The minimum absolute atomic E-state index is 0.0197. The number of urea groups is 1. The largest absolute Gasteiger partial charge is 0.480 e. The van der Waals surface area contributed by atoms with Crippen LogP contribution in [0.3, 0.4) is 0 Å². The molecule has 0 saturated carbocycles. The molecule has 0 aliphatic carbocycles. The van der Waals surface area contributed by atoms with Crippen molar-refractivity contribution >= 4 is 12.0 Å². The van der Waals surface area contributed by atoms with Crippen LogP contribution in [-0.4, -0.2) is 51.8 Å². The van der Waals surface area contributed by atoms with Crippen molar-refractivity contribution in [1.29, 1.82) is 0 Å². The van der Waals surface area contributed by atoms with Crippen LogP contribution < -0.4 is 5.32 Å². The number of hydrogen-bond donors (Lipinski definition) is 3. The topological polar surface area (TPSA) is 89.9 Å². The van der Waals surface area contributed by atoms with Crippen molar-refractivity contribution in [2.75, 3.05) is 6.54 Å². The molecule has 6 heteroatoms. The Kier molecular flexibility index (Phi) is 6.08. The summed E-state index contributed by atoms with van der Waals surface area (Å²) in [4.78, 5) is 24.2. The number of likely N-dealkylation sites (tertiary alicyclic amines) is 1. The molecule has 0 spiro atoms. The van der Waals surface area contributed by atoms with Crippen molar-refractivity contribution < 1.29 is 19.8 Å². The number of aliphatic hydroxyl groups excluding tert-OH is 1. The fourth-order valence-electron chi connectivity index (χ4n) is 2.34. The first kappa shape index (κ1) is 15.8. The lowest BCUT2D eigenvalue weighted by Gasteiger charge is -2.24. The number of rotatable bonds is 6. The maximum Gasteiger partial charge on any atom is 0.326 e. The van der Waals surface area contributed by atoms with Crippen LogP contribution in [0.5, 0.6) is 0 Å². The number of aliphatic carboxylic acids is 1. The van der Waals surface area contributed by atoms with Crippen LogP contribution in [0.15, 0.2) is 0 Å². The summed E-state index contributed by atoms with van der Waals surface area (Å²) in [6, 6.07) is -1.29. The lowest BCUT2D eigenvalue weighted by atomic mass is 10.1. The first-order valence-corrected chi connectivity index (χ1v) is 6.93. The van der Waals surface area contributed by atoms with Crippen LogP contribution in [0.25, 0.3) is 0 Å². The number of aliphatic hydroxyl groups is 1. The summed E-state index contributed by atoms with van der Waals surface area (Å²) in [7, 11) is 0. The Labute approximate surface area is 113 Å². The highest BCUT2D eigenvalue weighted by molar-refractivity contribution is 5.83. The molecule has 1 aliphatic heterocycles. The zero-order chi connectivity index (χ0) is 14.4. The predicted molar refractivity (Wildman–Crippen MR) is 70.9 cm³/mol. The molecule has 2 amide bonds. The zero-order valence-electron chi connectivity index (χ0n) is 11.6. The summed E-state index contributed by atoms with van der Waals surface area (Å²) in [5.41, 5.74) is 0. The van der Waals surface area contributed by atoms with Crippen molar-refractivity contribution in [1.82, 2.24) is 10.2 Å². The second-order valence-corrected chi connectivity index (χ2v) is 5.24. The normalized spacial score (nSPS) is 24.3. The second kappa shape index (κ2) is 7.33. The van der Waals surface area contributed by atoms with E-state index in [0.29, 0.717) is 0 Å². The summed E-state index contributed by atoms with van der Waals surface area (Å²) in [6.07, 6.45) is 3.53. The molecule has 1 fully saturated rings. The molecule has 3 N–H and O–H groups in total. The number of amides is 2. The van der Waals surface area contributed by atoms with Crippen LogP contribution in [0, 0.1) is 0 Å². The number of unbranched alkanes of at least 4 members (excludes halogenated alkanes) is 2. The van der Waals surface area contributed by atoms with Crippen molar-refractivity contribution in [2.45, 2.75) is 64.1 Å². The van der Waals surface area contributed by atoms with Crippen LogP contribution in [0.1, 0.15) is 46.0 Å². The van der Waals surface area contributed by atoms with Gasteiger partial charge in [0.1, 0.15) is 6.04 Å². The van der Waals surface area contributed by atoms with Gasteiger partial charge in [-0.25, -0.2) is 9.59 Å². The van der Waals surface area contributed by atoms with Crippen LogP contribution in [-0.2, 0) is 4.79 Å². The van der Waals surface area contributed by atoms with E-state index in [2.05, 4.69) is 12.2 Å². The monoisotopic (exact) mass is 272 g/mol. The zero-order valence-corrected chi connectivity index (χ0v) is 11.6. The molecule has 0 aromatic heterocycles. The van der Waals surface area contributed by atoms with Gasteiger partial charge in [-0.2, -0.15) is 0 Å². The van der Waals surface area contributed by atoms with E-state index in [4.69, 9.17) is 5.11 Å². The van der Waals surface area contributed by atoms with Gasteiger partial charge in [-0.15, -0.1) is 0 Å². The number of carboxylic acid groups (broad SMARTS) is 1. The molecule has 0 aromatic carbocycles. The number of hydrogen-bond acceptors (Lipinski definition) is 3.